The van der Waals surface area contributed by atoms with Gasteiger partial charge in [-0.05, 0) is 25.5 Å². The number of aryl methyl sites for hydroxylation is 1. The average Bonchev–Trinajstić information content (AvgIpc) is 2.73. The maximum atomic E-state index is 11.7. The first-order valence-electron chi connectivity index (χ1n) is 5.53. The summed E-state index contributed by atoms with van der Waals surface area (Å²) >= 11 is 6.01. The Morgan fingerprint density at radius 3 is 2.83 bits per heavy atom. The maximum Gasteiger partial charge on any atom is 0.355 e. The van der Waals surface area contributed by atoms with E-state index in [0.29, 0.717) is 27.8 Å². The van der Waals surface area contributed by atoms with Crippen molar-refractivity contribution in [2.45, 2.75) is 13.8 Å². The van der Waals surface area contributed by atoms with Crippen LogP contribution in [0.5, 0.6) is 0 Å². The third-order valence-corrected chi connectivity index (χ3v) is 3.22. The number of fused-ring (bicyclic) bond motifs is 1. The molecule has 1 N–H and O–H groups in total. The number of aromatic amines is 1. The van der Waals surface area contributed by atoms with Gasteiger partial charge in [0.05, 0.1) is 17.7 Å². The molecule has 0 aliphatic heterocycles. The van der Waals surface area contributed by atoms with E-state index < -0.39 is 5.97 Å². The molecule has 2 rings (SSSR count). The van der Waals surface area contributed by atoms with Crippen LogP contribution in [0.15, 0.2) is 12.1 Å². The van der Waals surface area contributed by atoms with Gasteiger partial charge in [-0.1, -0.05) is 17.7 Å². The second-order valence-corrected chi connectivity index (χ2v) is 4.25. The molecule has 0 fully saturated rings. The number of esters is 1. The monoisotopic (exact) mass is 265 g/mol. The van der Waals surface area contributed by atoms with Crippen LogP contribution >= 0.6 is 11.6 Å². The van der Waals surface area contributed by atoms with Gasteiger partial charge < -0.3 is 9.72 Å². The number of H-pyrrole nitrogens is 1. The second-order valence-electron chi connectivity index (χ2n) is 3.85. The fourth-order valence-corrected chi connectivity index (χ4v) is 2.04. The van der Waals surface area contributed by atoms with E-state index in [0.717, 1.165) is 5.56 Å². The van der Waals surface area contributed by atoms with Crippen molar-refractivity contribution >= 4 is 34.8 Å². The number of hydrogen-bond donors (Lipinski definition) is 1. The van der Waals surface area contributed by atoms with E-state index in [4.69, 9.17) is 16.3 Å². The summed E-state index contributed by atoms with van der Waals surface area (Å²) in [6.07, 6.45) is 0.651. The van der Waals surface area contributed by atoms with E-state index in [1.165, 1.54) is 0 Å². The molecule has 0 unspecified atom stereocenters. The molecule has 0 amide bonds. The highest BCUT2D eigenvalue weighted by Crippen LogP contribution is 2.28. The van der Waals surface area contributed by atoms with Crippen molar-refractivity contribution in [3.8, 4) is 0 Å². The number of halogens is 1. The second kappa shape index (κ2) is 4.82. The zero-order valence-electron chi connectivity index (χ0n) is 10.0. The lowest BCUT2D eigenvalue weighted by atomic mass is 10.1. The molecule has 0 aliphatic carbocycles. The van der Waals surface area contributed by atoms with E-state index in [-0.39, 0.29) is 12.3 Å². The zero-order chi connectivity index (χ0) is 13.3. The minimum Gasteiger partial charge on any atom is -0.461 e. The molecule has 5 heteroatoms. The van der Waals surface area contributed by atoms with Gasteiger partial charge in [-0.25, -0.2) is 4.79 Å². The smallest absolute Gasteiger partial charge is 0.355 e. The Kier molecular flexibility index (Phi) is 3.39. The van der Waals surface area contributed by atoms with Crippen molar-refractivity contribution < 1.29 is 14.3 Å². The summed E-state index contributed by atoms with van der Waals surface area (Å²) < 4.78 is 4.91. The molecule has 0 bridgehead atoms. The van der Waals surface area contributed by atoms with Gasteiger partial charge in [0.2, 0.25) is 0 Å². The van der Waals surface area contributed by atoms with Crippen molar-refractivity contribution in [2.24, 2.45) is 0 Å². The summed E-state index contributed by atoms with van der Waals surface area (Å²) in [7, 11) is 0. The van der Waals surface area contributed by atoms with Crippen molar-refractivity contribution in [3.63, 3.8) is 0 Å². The number of nitrogens with one attached hydrogen (secondary N) is 1. The molecule has 4 nitrogen and oxygen atoms in total. The van der Waals surface area contributed by atoms with Crippen molar-refractivity contribution in [1.29, 1.82) is 0 Å². The van der Waals surface area contributed by atoms with Crippen LogP contribution in [-0.2, 0) is 4.74 Å². The highest BCUT2D eigenvalue weighted by atomic mass is 35.5. The first kappa shape index (κ1) is 12.6. The first-order chi connectivity index (χ1) is 8.60. The summed E-state index contributed by atoms with van der Waals surface area (Å²) in [4.78, 5) is 25.8. The van der Waals surface area contributed by atoms with Crippen LogP contribution in [0.4, 0.5) is 0 Å². The van der Waals surface area contributed by atoms with E-state index in [1.54, 1.807) is 19.1 Å². The molecule has 0 radical (unpaired) electrons. The molecule has 0 saturated carbocycles. The van der Waals surface area contributed by atoms with Gasteiger partial charge in [-0.15, -0.1) is 0 Å². The summed E-state index contributed by atoms with van der Waals surface area (Å²) in [5, 5.41) is 1.26. The molecule has 1 aromatic heterocycles. The Balaban J connectivity index is 2.72. The van der Waals surface area contributed by atoms with Gasteiger partial charge in [0.1, 0.15) is 5.69 Å². The van der Waals surface area contributed by atoms with E-state index in [1.807, 2.05) is 6.92 Å². The third kappa shape index (κ3) is 1.88. The van der Waals surface area contributed by atoms with Crippen LogP contribution in [0.3, 0.4) is 0 Å². The highest BCUT2D eigenvalue weighted by Gasteiger charge is 2.19. The minimum absolute atomic E-state index is 0.173. The number of aldehydes is 1. The van der Waals surface area contributed by atoms with Crippen LogP contribution < -0.4 is 0 Å². The van der Waals surface area contributed by atoms with Crippen LogP contribution in [-0.4, -0.2) is 23.8 Å². The van der Waals surface area contributed by atoms with Gasteiger partial charge in [-0.2, -0.15) is 0 Å². The van der Waals surface area contributed by atoms with Crippen molar-refractivity contribution in [3.05, 3.63) is 34.0 Å². The Morgan fingerprint density at radius 1 is 1.50 bits per heavy atom. The summed E-state index contributed by atoms with van der Waals surface area (Å²) in [6.45, 7) is 3.79. The Hall–Kier alpha value is -1.81. The van der Waals surface area contributed by atoms with Gasteiger partial charge in [-0.3, -0.25) is 4.79 Å². The predicted octanol–water partition coefficient (Wildman–Crippen LogP) is 3.12. The standard InChI is InChI=1S/C13H12ClNO3/c1-3-18-13(17)12-9(6-16)8-4-5-10(14)7(2)11(8)15-12/h4-6,15H,3H2,1-2H3. The van der Waals surface area contributed by atoms with E-state index >= 15 is 0 Å². The van der Waals surface area contributed by atoms with Crippen LogP contribution in [0.2, 0.25) is 5.02 Å². The Morgan fingerprint density at radius 2 is 2.22 bits per heavy atom. The Labute approximate surface area is 109 Å². The zero-order valence-corrected chi connectivity index (χ0v) is 10.8. The maximum absolute atomic E-state index is 11.7. The normalized spacial score (nSPS) is 10.6. The van der Waals surface area contributed by atoms with Crippen molar-refractivity contribution in [2.75, 3.05) is 6.61 Å². The fraction of sp³-hybridized carbons (Fsp3) is 0.231. The van der Waals surface area contributed by atoms with Gasteiger partial charge in [0.15, 0.2) is 6.29 Å². The number of aromatic nitrogens is 1. The lowest BCUT2D eigenvalue weighted by Gasteiger charge is -1.99. The minimum atomic E-state index is -0.536. The molecule has 18 heavy (non-hydrogen) atoms. The molecule has 0 atom stereocenters. The van der Waals surface area contributed by atoms with Crippen LogP contribution in [0.1, 0.15) is 33.3 Å². The van der Waals surface area contributed by atoms with E-state index in [9.17, 15) is 9.59 Å². The molecule has 0 spiro atoms. The molecule has 94 valence electrons. The third-order valence-electron chi connectivity index (χ3n) is 2.81. The molecular weight excluding hydrogens is 254 g/mol. The summed E-state index contributed by atoms with van der Waals surface area (Å²) in [5.74, 6) is -0.536. The molecule has 2 aromatic rings. The number of carbonyl (C=O) groups is 2. The predicted molar refractivity (Wildman–Crippen MR) is 69.4 cm³/mol. The number of carbonyl (C=O) groups excluding carboxylic acids is 2. The average molecular weight is 266 g/mol. The SMILES string of the molecule is CCOC(=O)c1[nH]c2c(C)c(Cl)ccc2c1C=O. The molecule has 1 heterocycles. The van der Waals surface area contributed by atoms with Crippen LogP contribution in [0.25, 0.3) is 10.9 Å². The van der Waals surface area contributed by atoms with Gasteiger partial charge in [0.25, 0.3) is 0 Å². The topological polar surface area (TPSA) is 59.2 Å². The number of hydrogen-bond acceptors (Lipinski definition) is 3. The first-order valence-corrected chi connectivity index (χ1v) is 5.91. The van der Waals surface area contributed by atoms with Crippen LogP contribution in [0, 0.1) is 6.92 Å². The van der Waals surface area contributed by atoms with E-state index in [2.05, 4.69) is 4.98 Å². The van der Waals surface area contributed by atoms with Crippen molar-refractivity contribution in [1.82, 2.24) is 4.98 Å². The number of benzene rings is 1. The molecule has 0 saturated heterocycles. The lowest BCUT2D eigenvalue weighted by molar-refractivity contribution is 0.0518. The molecule has 0 aliphatic rings. The fourth-order valence-electron chi connectivity index (χ4n) is 1.89. The van der Waals surface area contributed by atoms with Gasteiger partial charge >= 0.3 is 5.97 Å². The number of rotatable bonds is 3. The Bertz CT molecular complexity index is 631. The number of ether oxygens (including phenoxy) is 1. The molecular formula is C13H12ClNO3. The van der Waals surface area contributed by atoms with Gasteiger partial charge in [0, 0.05) is 10.4 Å². The largest absolute Gasteiger partial charge is 0.461 e. The summed E-state index contributed by atoms with van der Waals surface area (Å²) in [6, 6.07) is 3.42. The molecule has 1 aromatic carbocycles. The summed E-state index contributed by atoms with van der Waals surface area (Å²) in [5.41, 5.74) is 1.97. The lowest BCUT2D eigenvalue weighted by Crippen LogP contribution is -2.07. The highest BCUT2D eigenvalue weighted by molar-refractivity contribution is 6.32. The quantitative estimate of drug-likeness (QED) is 0.685.